The Kier molecular flexibility index (Phi) is 6.64. The molecule has 8 heteroatoms. The maximum Gasteiger partial charge on any atom is 0.308 e. The molecule has 1 saturated heterocycles. The van der Waals surface area contributed by atoms with Crippen molar-refractivity contribution in [3.05, 3.63) is 36.4 Å². The maximum atomic E-state index is 12.3. The van der Waals surface area contributed by atoms with Gasteiger partial charge in [-0.1, -0.05) is 12.2 Å². The molecule has 1 N–H and O–H groups in total. The number of esters is 1. The summed E-state index contributed by atoms with van der Waals surface area (Å²) in [5.74, 6) is -1.52. The molecule has 1 aromatic rings. The lowest BCUT2D eigenvalue weighted by molar-refractivity contribution is -0.148. The van der Waals surface area contributed by atoms with Crippen LogP contribution < -0.4 is 10.1 Å². The highest BCUT2D eigenvalue weighted by Crippen LogP contribution is 2.35. The van der Waals surface area contributed by atoms with Gasteiger partial charge in [0.15, 0.2) is 6.61 Å². The maximum absolute atomic E-state index is 12.3. The quantitative estimate of drug-likeness (QED) is 0.406. The van der Waals surface area contributed by atoms with Gasteiger partial charge in [-0.25, -0.2) is 0 Å². The van der Waals surface area contributed by atoms with Crippen molar-refractivity contribution in [3.8, 4) is 5.75 Å². The van der Waals surface area contributed by atoms with E-state index >= 15 is 0 Å². The van der Waals surface area contributed by atoms with Crippen LogP contribution in [0.5, 0.6) is 5.75 Å². The van der Waals surface area contributed by atoms with Crippen LogP contribution in [0.15, 0.2) is 36.4 Å². The number of imide groups is 1. The summed E-state index contributed by atoms with van der Waals surface area (Å²) in [7, 11) is 0. The average Bonchev–Trinajstić information content (AvgIpc) is 2.97. The van der Waals surface area contributed by atoms with E-state index in [0.29, 0.717) is 30.9 Å². The highest BCUT2D eigenvalue weighted by atomic mass is 16.5. The Morgan fingerprint density at radius 2 is 1.69 bits per heavy atom. The van der Waals surface area contributed by atoms with Crippen molar-refractivity contribution in [2.45, 2.75) is 26.2 Å². The predicted octanol–water partition coefficient (Wildman–Crippen LogP) is 1.91. The van der Waals surface area contributed by atoms with Gasteiger partial charge in [0.05, 0.1) is 24.9 Å². The number of benzene rings is 1. The molecule has 2 aliphatic rings. The molecule has 3 amide bonds. The molecule has 0 radical (unpaired) electrons. The SMILES string of the molecule is CCOc1ccc(NC(=O)COC(=O)CCN2C(=O)[C@@H]3CC=CC[C@H]3C2=O)cc1. The Balaban J connectivity index is 1.40. The van der Waals surface area contributed by atoms with Crippen LogP contribution in [0.25, 0.3) is 0 Å². The fourth-order valence-electron chi connectivity index (χ4n) is 3.51. The lowest BCUT2D eigenvalue weighted by Crippen LogP contribution is -2.33. The van der Waals surface area contributed by atoms with Crippen LogP contribution in [0.4, 0.5) is 5.69 Å². The highest BCUT2D eigenvalue weighted by Gasteiger charge is 2.46. The summed E-state index contributed by atoms with van der Waals surface area (Å²) in [6, 6.07) is 6.82. The smallest absolute Gasteiger partial charge is 0.308 e. The average molecular weight is 400 g/mol. The Bertz CT molecular complexity index is 791. The van der Waals surface area contributed by atoms with Gasteiger partial charge >= 0.3 is 5.97 Å². The zero-order valence-corrected chi connectivity index (χ0v) is 16.3. The molecule has 0 unspecified atom stereocenters. The number of allylic oxidation sites excluding steroid dienone is 2. The molecule has 1 aromatic carbocycles. The summed E-state index contributed by atoms with van der Waals surface area (Å²) in [6.45, 7) is 1.96. The molecule has 1 aliphatic heterocycles. The molecule has 1 heterocycles. The normalized spacial score (nSPS) is 20.4. The number of hydrogen-bond donors (Lipinski definition) is 1. The van der Waals surface area contributed by atoms with E-state index in [1.54, 1.807) is 24.3 Å². The van der Waals surface area contributed by atoms with Gasteiger partial charge in [0, 0.05) is 12.2 Å². The third-order valence-electron chi connectivity index (χ3n) is 4.95. The van der Waals surface area contributed by atoms with E-state index < -0.39 is 18.5 Å². The van der Waals surface area contributed by atoms with Crippen LogP contribution in [0.3, 0.4) is 0 Å². The molecular formula is C21H24N2O6. The molecule has 0 saturated carbocycles. The van der Waals surface area contributed by atoms with Crippen molar-refractivity contribution >= 4 is 29.4 Å². The monoisotopic (exact) mass is 400 g/mol. The fraction of sp³-hybridized carbons (Fsp3) is 0.429. The number of rotatable bonds is 8. The van der Waals surface area contributed by atoms with Gasteiger partial charge in [0.1, 0.15) is 5.75 Å². The van der Waals surface area contributed by atoms with Gasteiger partial charge in [0.25, 0.3) is 5.91 Å². The van der Waals surface area contributed by atoms with Crippen molar-refractivity contribution in [1.29, 1.82) is 0 Å². The van der Waals surface area contributed by atoms with E-state index in [1.165, 1.54) is 0 Å². The predicted molar refractivity (Wildman–Crippen MR) is 104 cm³/mol. The fourth-order valence-corrected chi connectivity index (χ4v) is 3.51. The number of ether oxygens (including phenoxy) is 2. The summed E-state index contributed by atoms with van der Waals surface area (Å²) in [5.41, 5.74) is 0.555. The molecule has 1 aliphatic carbocycles. The minimum atomic E-state index is -0.638. The first-order valence-electron chi connectivity index (χ1n) is 9.68. The third-order valence-corrected chi connectivity index (χ3v) is 4.95. The second-order valence-electron chi connectivity index (χ2n) is 6.90. The van der Waals surface area contributed by atoms with E-state index in [0.717, 1.165) is 4.90 Å². The first kappa shape index (κ1) is 20.6. The van der Waals surface area contributed by atoms with Crippen molar-refractivity contribution in [2.75, 3.05) is 25.1 Å². The van der Waals surface area contributed by atoms with Crippen LogP contribution in [0, 0.1) is 11.8 Å². The van der Waals surface area contributed by atoms with Crippen LogP contribution in [0.2, 0.25) is 0 Å². The first-order chi connectivity index (χ1) is 14.0. The number of amides is 3. The number of hydrogen-bond acceptors (Lipinski definition) is 6. The molecule has 1 fully saturated rings. The number of carbonyl (C=O) groups excluding carboxylic acids is 4. The molecule has 154 valence electrons. The van der Waals surface area contributed by atoms with E-state index in [-0.39, 0.29) is 36.6 Å². The molecule has 2 atom stereocenters. The number of carbonyl (C=O) groups is 4. The van der Waals surface area contributed by atoms with Crippen molar-refractivity contribution < 1.29 is 28.7 Å². The number of nitrogens with zero attached hydrogens (tertiary/aromatic N) is 1. The Labute approximate surface area is 168 Å². The molecule has 0 spiro atoms. The number of fused-ring (bicyclic) bond motifs is 1. The summed E-state index contributed by atoms with van der Waals surface area (Å²) in [5, 5.41) is 2.61. The molecule has 3 rings (SSSR count). The second-order valence-corrected chi connectivity index (χ2v) is 6.90. The standard InChI is InChI=1S/C21H24N2O6/c1-2-28-15-9-7-14(8-10-15)22-18(24)13-29-19(25)11-12-23-20(26)16-5-3-4-6-17(16)21(23)27/h3-4,7-10,16-17H,2,5-6,11-13H2,1H3,(H,22,24)/t16-,17-/m1/s1. The molecular weight excluding hydrogens is 376 g/mol. The van der Waals surface area contributed by atoms with Crippen molar-refractivity contribution in [1.82, 2.24) is 4.90 Å². The number of nitrogens with one attached hydrogen (secondary N) is 1. The summed E-state index contributed by atoms with van der Waals surface area (Å²) < 4.78 is 10.3. The van der Waals surface area contributed by atoms with Crippen LogP contribution in [0.1, 0.15) is 26.2 Å². The molecule has 0 bridgehead atoms. The summed E-state index contributed by atoms with van der Waals surface area (Å²) in [4.78, 5) is 49.7. The van der Waals surface area contributed by atoms with Crippen LogP contribution >= 0.6 is 0 Å². The Hall–Kier alpha value is -3.16. The lowest BCUT2D eigenvalue weighted by atomic mass is 9.85. The summed E-state index contributed by atoms with van der Waals surface area (Å²) in [6.07, 6.45) is 4.80. The summed E-state index contributed by atoms with van der Waals surface area (Å²) >= 11 is 0. The van der Waals surface area contributed by atoms with Crippen molar-refractivity contribution in [2.24, 2.45) is 11.8 Å². The van der Waals surface area contributed by atoms with E-state index in [2.05, 4.69) is 5.32 Å². The van der Waals surface area contributed by atoms with Gasteiger partial charge < -0.3 is 14.8 Å². The van der Waals surface area contributed by atoms with E-state index in [4.69, 9.17) is 9.47 Å². The van der Waals surface area contributed by atoms with Gasteiger partial charge in [-0.2, -0.15) is 0 Å². The molecule has 0 aromatic heterocycles. The lowest BCUT2D eigenvalue weighted by Gasteiger charge is -2.14. The number of anilines is 1. The largest absolute Gasteiger partial charge is 0.494 e. The Morgan fingerprint density at radius 3 is 2.28 bits per heavy atom. The zero-order chi connectivity index (χ0) is 20.8. The number of likely N-dealkylation sites (tertiary alicyclic amines) is 1. The topological polar surface area (TPSA) is 102 Å². The van der Waals surface area contributed by atoms with Crippen LogP contribution in [-0.2, 0) is 23.9 Å². The Morgan fingerprint density at radius 1 is 1.07 bits per heavy atom. The molecule has 8 nitrogen and oxygen atoms in total. The second kappa shape index (κ2) is 9.36. The van der Waals surface area contributed by atoms with E-state index in [1.807, 2.05) is 19.1 Å². The zero-order valence-electron chi connectivity index (χ0n) is 16.3. The van der Waals surface area contributed by atoms with Gasteiger partial charge in [0.2, 0.25) is 11.8 Å². The third kappa shape index (κ3) is 5.01. The minimum Gasteiger partial charge on any atom is -0.494 e. The molecule has 29 heavy (non-hydrogen) atoms. The highest BCUT2D eigenvalue weighted by molar-refractivity contribution is 6.05. The van der Waals surface area contributed by atoms with Gasteiger partial charge in [-0.15, -0.1) is 0 Å². The van der Waals surface area contributed by atoms with Crippen LogP contribution in [-0.4, -0.2) is 48.3 Å². The van der Waals surface area contributed by atoms with Crippen molar-refractivity contribution in [3.63, 3.8) is 0 Å². The van der Waals surface area contributed by atoms with Gasteiger partial charge in [-0.3, -0.25) is 24.1 Å². The van der Waals surface area contributed by atoms with E-state index in [9.17, 15) is 19.2 Å². The minimum absolute atomic E-state index is 0.0238. The first-order valence-corrected chi connectivity index (χ1v) is 9.68. The van der Waals surface area contributed by atoms with Gasteiger partial charge in [-0.05, 0) is 44.0 Å².